The lowest BCUT2D eigenvalue weighted by Crippen LogP contribution is -1.86. The minimum Gasteiger partial charge on any atom is -0.507 e. The fraction of sp³-hybridized carbons (Fsp3) is 0.200. The molecular weight excluding hydrogens is 190 g/mol. The van der Waals surface area contributed by atoms with Crippen molar-refractivity contribution >= 4 is 6.08 Å². The van der Waals surface area contributed by atoms with E-state index < -0.39 is 11.6 Å². The summed E-state index contributed by atoms with van der Waals surface area (Å²) in [6.07, 6.45) is 3.39. The van der Waals surface area contributed by atoms with Gasteiger partial charge in [0.15, 0.2) is 11.6 Å². The minimum absolute atomic E-state index is 0.0268. The molecule has 0 aliphatic carbocycles. The average molecular weight is 200 g/mol. The number of aliphatic hydroxyl groups is 1. The molecule has 0 saturated heterocycles. The van der Waals surface area contributed by atoms with E-state index in [-0.39, 0.29) is 17.9 Å². The van der Waals surface area contributed by atoms with Gasteiger partial charge in [0.2, 0.25) is 0 Å². The van der Waals surface area contributed by atoms with Crippen LogP contribution in [0.15, 0.2) is 18.2 Å². The highest BCUT2D eigenvalue weighted by atomic mass is 19.2. The number of aliphatic hydroxyl groups excluding tert-OH is 1. The van der Waals surface area contributed by atoms with Crippen LogP contribution >= 0.6 is 0 Å². The van der Waals surface area contributed by atoms with Gasteiger partial charge in [-0.3, -0.25) is 0 Å². The van der Waals surface area contributed by atoms with E-state index in [4.69, 9.17) is 5.11 Å². The number of hydrogen-bond acceptors (Lipinski definition) is 2. The van der Waals surface area contributed by atoms with Crippen molar-refractivity contribution in [1.82, 2.24) is 0 Å². The highest BCUT2D eigenvalue weighted by Gasteiger charge is 2.06. The maximum absolute atomic E-state index is 12.7. The number of benzene rings is 1. The van der Waals surface area contributed by atoms with Crippen LogP contribution in [0.3, 0.4) is 0 Å². The number of hydrogen-bond donors (Lipinski definition) is 2. The molecule has 1 aromatic rings. The van der Waals surface area contributed by atoms with Crippen LogP contribution in [0.1, 0.15) is 12.0 Å². The van der Waals surface area contributed by atoms with Gasteiger partial charge in [-0.1, -0.05) is 12.2 Å². The van der Waals surface area contributed by atoms with E-state index in [9.17, 15) is 13.9 Å². The molecule has 4 heteroatoms. The van der Waals surface area contributed by atoms with Gasteiger partial charge in [0, 0.05) is 18.2 Å². The molecule has 0 amide bonds. The first-order valence-corrected chi connectivity index (χ1v) is 4.10. The van der Waals surface area contributed by atoms with E-state index in [0.29, 0.717) is 12.5 Å². The quantitative estimate of drug-likeness (QED) is 0.784. The average Bonchev–Trinajstić information content (AvgIpc) is 2.14. The summed E-state index contributed by atoms with van der Waals surface area (Å²) < 4.78 is 25.2. The van der Waals surface area contributed by atoms with Gasteiger partial charge in [0.05, 0.1) is 0 Å². The summed E-state index contributed by atoms with van der Waals surface area (Å²) in [5.74, 6) is -2.41. The third-order valence-electron chi connectivity index (χ3n) is 1.66. The van der Waals surface area contributed by atoms with Gasteiger partial charge in [-0.05, 0) is 12.5 Å². The molecule has 0 heterocycles. The molecule has 0 aliphatic heterocycles. The molecule has 2 N–H and O–H groups in total. The van der Waals surface area contributed by atoms with Crippen LogP contribution in [0.2, 0.25) is 0 Å². The topological polar surface area (TPSA) is 40.5 Å². The van der Waals surface area contributed by atoms with Crippen molar-refractivity contribution in [1.29, 1.82) is 0 Å². The zero-order valence-corrected chi connectivity index (χ0v) is 7.37. The molecule has 0 atom stereocenters. The Morgan fingerprint density at radius 2 is 1.86 bits per heavy atom. The van der Waals surface area contributed by atoms with Crippen LogP contribution in [-0.4, -0.2) is 16.8 Å². The van der Waals surface area contributed by atoms with Crippen LogP contribution < -0.4 is 0 Å². The Labute approximate surface area is 80.1 Å². The van der Waals surface area contributed by atoms with Gasteiger partial charge in [0.1, 0.15) is 5.75 Å². The molecule has 1 rings (SSSR count). The number of aromatic hydroxyl groups is 1. The molecule has 0 unspecified atom stereocenters. The summed E-state index contributed by atoms with van der Waals surface area (Å²) in [5, 5.41) is 17.7. The lowest BCUT2D eigenvalue weighted by atomic mass is 10.1. The van der Waals surface area contributed by atoms with Crippen molar-refractivity contribution in [3.05, 3.63) is 35.4 Å². The third-order valence-corrected chi connectivity index (χ3v) is 1.66. The third kappa shape index (κ3) is 2.53. The first-order chi connectivity index (χ1) is 6.65. The Bertz CT molecular complexity index is 348. The molecule has 0 saturated carbocycles. The fourth-order valence-electron chi connectivity index (χ4n) is 0.970. The largest absolute Gasteiger partial charge is 0.507 e. The summed E-state index contributed by atoms with van der Waals surface area (Å²) in [5.41, 5.74) is 0.192. The SMILES string of the molecule is OCCC=Cc1cc(F)c(F)cc1O. The van der Waals surface area contributed by atoms with Gasteiger partial charge >= 0.3 is 0 Å². The van der Waals surface area contributed by atoms with Gasteiger partial charge < -0.3 is 10.2 Å². The Morgan fingerprint density at radius 1 is 1.21 bits per heavy atom. The first-order valence-electron chi connectivity index (χ1n) is 4.10. The lowest BCUT2D eigenvalue weighted by Gasteiger charge is -1.99. The van der Waals surface area contributed by atoms with Crippen molar-refractivity contribution in [3.8, 4) is 5.75 Å². The summed E-state index contributed by atoms with van der Waals surface area (Å²) in [6.45, 7) is -0.0268. The predicted octanol–water partition coefficient (Wildman–Crippen LogP) is 2.07. The van der Waals surface area contributed by atoms with Crippen LogP contribution in [0.25, 0.3) is 6.08 Å². The van der Waals surface area contributed by atoms with Crippen molar-refractivity contribution in [3.63, 3.8) is 0 Å². The van der Waals surface area contributed by atoms with Crippen LogP contribution in [0.5, 0.6) is 5.75 Å². The predicted molar refractivity (Wildman–Crippen MR) is 48.8 cm³/mol. The number of phenolic OH excluding ortho intramolecular Hbond substituents is 1. The Morgan fingerprint density at radius 3 is 2.50 bits per heavy atom. The van der Waals surface area contributed by atoms with Gasteiger partial charge in [-0.2, -0.15) is 0 Å². The monoisotopic (exact) mass is 200 g/mol. The summed E-state index contributed by atoms with van der Waals surface area (Å²) in [6, 6.07) is 1.62. The van der Waals surface area contributed by atoms with Crippen molar-refractivity contribution in [2.45, 2.75) is 6.42 Å². The zero-order chi connectivity index (χ0) is 10.6. The second-order valence-corrected chi connectivity index (χ2v) is 2.74. The molecular formula is C10H10F2O2. The molecule has 14 heavy (non-hydrogen) atoms. The van der Waals surface area contributed by atoms with Crippen LogP contribution in [0, 0.1) is 11.6 Å². The standard InChI is InChI=1S/C10H10F2O2/c11-8-5-7(3-1-2-4-13)10(14)6-9(8)12/h1,3,5-6,13-14H,2,4H2. The van der Waals surface area contributed by atoms with E-state index in [2.05, 4.69) is 0 Å². The van der Waals surface area contributed by atoms with E-state index in [1.165, 1.54) is 6.08 Å². The van der Waals surface area contributed by atoms with Gasteiger partial charge in [-0.25, -0.2) is 8.78 Å². The van der Waals surface area contributed by atoms with Gasteiger partial charge in [0.25, 0.3) is 0 Å². The first kappa shape index (κ1) is 10.7. The highest BCUT2D eigenvalue weighted by Crippen LogP contribution is 2.22. The Balaban J connectivity index is 2.92. The van der Waals surface area contributed by atoms with E-state index in [1.807, 2.05) is 0 Å². The molecule has 0 radical (unpaired) electrons. The molecule has 0 aromatic heterocycles. The van der Waals surface area contributed by atoms with Gasteiger partial charge in [-0.15, -0.1) is 0 Å². The van der Waals surface area contributed by atoms with Crippen LogP contribution in [0.4, 0.5) is 8.78 Å². The summed E-state index contributed by atoms with van der Waals surface area (Å²) in [7, 11) is 0. The van der Waals surface area contributed by atoms with Crippen LogP contribution in [-0.2, 0) is 0 Å². The maximum atomic E-state index is 12.7. The number of halogens is 2. The lowest BCUT2D eigenvalue weighted by molar-refractivity contribution is 0.303. The number of rotatable bonds is 3. The molecule has 1 aromatic carbocycles. The Kier molecular flexibility index (Phi) is 3.59. The molecule has 0 fully saturated rings. The highest BCUT2D eigenvalue weighted by molar-refractivity contribution is 5.56. The maximum Gasteiger partial charge on any atom is 0.162 e. The minimum atomic E-state index is -1.08. The summed E-state index contributed by atoms with van der Waals surface area (Å²) in [4.78, 5) is 0. The van der Waals surface area contributed by atoms with E-state index >= 15 is 0 Å². The molecule has 0 spiro atoms. The van der Waals surface area contributed by atoms with E-state index in [0.717, 1.165) is 6.07 Å². The molecule has 0 bridgehead atoms. The normalized spacial score (nSPS) is 11.1. The van der Waals surface area contributed by atoms with Crippen molar-refractivity contribution in [2.24, 2.45) is 0 Å². The second kappa shape index (κ2) is 4.72. The molecule has 76 valence electrons. The zero-order valence-electron chi connectivity index (χ0n) is 7.37. The smallest absolute Gasteiger partial charge is 0.162 e. The van der Waals surface area contributed by atoms with Crippen molar-refractivity contribution in [2.75, 3.05) is 6.61 Å². The molecule has 2 nitrogen and oxygen atoms in total. The number of phenols is 1. The summed E-state index contributed by atoms with van der Waals surface area (Å²) >= 11 is 0. The second-order valence-electron chi connectivity index (χ2n) is 2.74. The Hall–Kier alpha value is -1.42. The van der Waals surface area contributed by atoms with Crippen molar-refractivity contribution < 1.29 is 19.0 Å². The fourth-order valence-corrected chi connectivity index (χ4v) is 0.970. The van der Waals surface area contributed by atoms with E-state index in [1.54, 1.807) is 6.08 Å². The molecule has 0 aliphatic rings.